The molecule has 0 aliphatic heterocycles. The molecule has 4 heteroatoms. The third kappa shape index (κ3) is 4.08. The van der Waals surface area contributed by atoms with E-state index in [4.69, 9.17) is 39.5 Å². The van der Waals surface area contributed by atoms with E-state index in [1.165, 1.54) is 0 Å². The average Bonchev–Trinajstić information content (AvgIpc) is 2.48. The van der Waals surface area contributed by atoms with Crippen molar-refractivity contribution in [2.45, 2.75) is 6.61 Å². The lowest BCUT2D eigenvalue weighted by Gasteiger charge is -2.08. The first-order valence-corrected chi connectivity index (χ1v) is 7.20. The molecule has 0 unspecified atom stereocenters. The largest absolute Gasteiger partial charge is 0.489 e. The highest BCUT2D eigenvalue weighted by atomic mass is 35.5. The Kier molecular flexibility index (Phi) is 5.61. The summed E-state index contributed by atoms with van der Waals surface area (Å²) in [6.45, 7) is 0.367. The van der Waals surface area contributed by atoms with Gasteiger partial charge in [-0.15, -0.1) is 11.6 Å². The summed E-state index contributed by atoms with van der Waals surface area (Å²) < 4.78 is 5.67. The Morgan fingerprint density at radius 1 is 1.00 bits per heavy atom. The van der Waals surface area contributed by atoms with Crippen molar-refractivity contribution in [2.75, 3.05) is 5.88 Å². The topological polar surface area (TPSA) is 9.23 Å². The van der Waals surface area contributed by atoms with Crippen LogP contribution in [0.2, 0.25) is 10.0 Å². The van der Waals surface area contributed by atoms with Crippen LogP contribution in [-0.2, 0) is 6.61 Å². The first kappa shape index (κ1) is 15.1. The first-order valence-electron chi connectivity index (χ1n) is 5.91. The maximum atomic E-state index is 6.10. The fourth-order valence-electron chi connectivity index (χ4n) is 1.59. The maximum absolute atomic E-state index is 6.10. The van der Waals surface area contributed by atoms with E-state index in [0.29, 0.717) is 22.5 Å². The van der Waals surface area contributed by atoms with E-state index in [9.17, 15) is 0 Å². The zero-order valence-corrected chi connectivity index (χ0v) is 12.8. The molecule has 2 aromatic carbocycles. The predicted molar refractivity (Wildman–Crippen MR) is 84.8 cm³/mol. The van der Waals surface area contributed by atoms with Crippen LogP contribution in [0.3, 0.4) is 0 Å². The molecule has 0 amide bonds. The van der Waals surface area contributed by atoms with Gasteiger partial charge in [-0.1, -0.05) is 47.2 Å². The Bertz CT molecular complexity index is 639. The van der Waals surface area contributed by atoms with Crippen molar-refractivity contribution in [1.82, 2.24) is 0 Å². The van der Waals surface area contributed by atoms with Gasteiger partial charge in [-0.2, -0.15) is 0 Å². The molecule has 2 aromatic rings. The van der Waals surface area contributed by atoms with Crippen molar-refractivity contribution in [1.29, 1.82) is 0 Å². The standard InChI is InChI=1S/C16H11Cl3O/c17-10-2-3-12-6-8-14(9-7-12)20-11-13-4-1-5-15(18)16(13)19/h1,4-9H,10-11H2. The van der Waals surface area contributed by atoms with Crippen molar-refractivity contribution in [3.05, 3.63) is 63.6 Å². The molecule has 0 aliphatic carbocycles. The van der Waals surface area contributed by atoms with Crippen LogP contribution in [0, 0.1) is 11.8 Å². The number of rotatable bonds is 3. The van der Waals surface area contributed by atoms with Crippen molar-refractivity contribution in [3.8, 4) is 17.6 Å². The molecular weight excluding hydrogens is 315 g/mol. The monoisotopic (exact) mass is 324 g/mol. The fraction of sp³-hybridized carbons (Fsp3) is 0.125. The lowest BCUT2D eigenvalue weighted by molar-refractivity contribution is 0.306. The molecule has 0 saturated carbocycles. The molecule has 0 atom stereocenters. The normalized spacial score (nSPS) is 9.75. The second-order valence-electron chi connectivity index (χ2n) is 3.96. The molecular formula is C16H11Cl3O. The van der Waals surface area contributed by atoms with E-state index < -0.39 is 0 Å². The van der Waals surface area contributed by atoms with E-state index in [1.54, 1.807) is 6.07 Å². The van der Waals surface area contributed by atoms with E-state index in [0.717, 1.165) is 16.9 Å². The molecule has 1 nitrogen and oxygen atoms in total. The van der Waals surface area contributed by atoms with Gasteiger partial charge in [0.2, 0.25) is 0 Å². The SMILES string of the molecule is ClCC#Cc1ccc(OCc2cccc(Cl)c2Cl)cc1. The lowest BCUT2D eigenvalue weighted by Crippen LogP contribution is -1.96. The minimum atomic E-state index is 0.325. The number of hydrogen-bond acceptors (Lipinski definition) is 1. The number of ether oxygens (including phenoxy) is 1. The zero-order valence-electron chi connectivity index (χ0n) is 10.5. The number of benzene rings is 2. The Balaban J connectivity index is 2.02. The molecule has 0 aromatic heterocycles. The van der Waals surface area contributed by atoms with Crippen molar-refractivity contribution in [2.24, 2.45) is 0 Å². The van der Waals surface area contributed by atoms with Crippen LogP contribution in [0.5, 0.6) is 5.75 Å². The van der Waals surface area contributed by atoms with Gasteiger partial charge in [0, 0.05) is 11.1 Å². The van der Waals surface area contributed by atoms with Crippen LogP contribution in [0.4, 0.5) is 0 Å². The van der Waals surface area contributed by atoms with Gasteiger partial charge in [-0.3, -0.25) is 0 Å². The second-order valence-corrected chi connectivity index (χ2v) is 5.01. The van der Waals surface area contributed by atoms with Crippen molar-refractivity contribution >= 4 is 34.8 Å². The van der Waals surface area contributed by atoms with Crippen LogP contribution in [0.15, 0.2) is 42.5 Å². The highest BCUT2D eigenvalue weighted by Gasteiger charge is 2.04. The number of hydrogen-bond donors (Lipinski definition) is 0. The van der Waals surface area contributed by atoms with Gasteiger partial charge in [0.1, 0.15) is 12.4 Å². The third-order valence-corrected chi connectivity index (χ3v) is 3.57. The summed E-state index contributed by atoms with van der Waals surface area (Å²) >= 11 is 17.6. The van der Waals surface area contributed by atoms with Gasteiger partial charge in [0.05, 0.1) is 15.9 Å². The van der Waals surface area contributed by atoms with E-state index in [-0.39, 0.29) is 0 Å². The van der Waals surface area contributed by atoms with Crippen LogP contribution < -0.4 is 4.74 Å². The second kappa shape index (κ2) is 7.45. The molecule has 0 heterocycles. The third-order valence-electron chi connectivity index (χ3n) is 2.58. The molecule has 2 rings (SSSR count). The molecule has 0 saturated heterocycles. The Labute approximate surface area is 133 Å². The summed E-state index contributed by atoms with van der Waals surface area (Å²) in [6.07, 6.45) is 0. The zero-order chi connectivity index (χ0) is 14.4. The van der Waals surface area contributed by atoms with Gasteiger partial charge in [0.25, 0.3) is 0 Å². The number of halogens is 3. The Hall–Kier alpha value is -1.33. The van der Waals surface area contributed by atoms with E-state index in [1.807, 2.05) is 36.4 Å². The van der Waals surface area contributed by atoms with Crippen molar-refractivity contribution < 1.29 is 4.74 Å². The molecule has 0 aliphatic rings. The van der Waals surface area contributed by atoms with Crippen LogP contribution in [0.25, 0.3) is 0 Å². The fourth-order valence-corrected chi connectivity index (χ4v) is 2.03. The van der Waals surface area contributed by atoms with Gasteiger partial charge >= 0.3 is 0 Å². The predicted octanol–water partition coefficient (Wildman–Crippen LogP) is 5.16. The van der Waals surface area contributed by atoms with Crippen molar-refractivity contribution in [3.63, 3.8) is 0 Å². The Morgan fingerprint density at radius 3 is 2.45 bits per heavy atom. The average molecular weight is 326 g/mol. The summed E-state index contributed by atoms with van der Waals surface area (Å²) in [7, 11) is 0. The molecule has 20 heavy (non-hydrogen) atoms. The molecule has 102 valence electrons. The van der Waals surface area contributed by atoms with Crippen LogP contribution in [0.1, 0.15) is 11.1 Å². The number of alkyl halides is 1. The molecule has 0 N–H and O–H groups in total. The minimum absolute atomic E-state index is 0.325. The van der Waals surface area contributed by atoms with Crippen LogP contribution >= 0.6 is 34.8 Å². The summed E-state index contributed by atoms with van der Waals surface area (Å²) in [5.41, 5.74) is 1.75. The molecule has 0 fully saturated rings. The Morgan fingerprint density at radius 2 is 1.75 bits per heavy atom. The first-order chi connectivity index (χ1) is 9.70. The van der Waals surface area contributed by atoms with Gasteiger partial charge in [-0.25, -0.2) is 0 Å². The lowest BCUT2D eigenvalue weighted by atomic mass is 10.2. The quantitative estimate of drug-likeness (QED) is 0.559. The smallest absolute Gasteiger partial charge is 0.119 e. The summed E-state index contributed by atoms with van der Waals surface area (Å²) in [5, 5.41) is 1.05. The van der Waals surface area contributed by atoms with Crippen LogP contribution in [-0.4, -0.2) is 5.88 Å². The molecule has 0 spiro atoms. The van der Waals surface area contributed by atoms with Gasteiger partial charge in [0.15, 0.2) is 0 Å². The van der Waals surface area contributed by atoms with E-state index >= 15 is 0 Å². The maximum Gasteiger partial charge on any atom is 0.119 e. The minimum Gasteiger partial charge on any atom is -0.489 e. The molecule has 0 bridgehead atoms. The van der Waals surface area contributed by atoms with E-state index in [2.05, 4.69) is 11.8 Å². The van der Waals surface area contributed by atoms with Gasteiger partial charge in [-0.05, 0) is 30.3 Å². The summed E-state index contributed by atoms with van der Waals surface area (Å²) in [4.78, 5) is 0. The highest BCUT2D eigenvalue weighted by Crippen LogP contribution is 2.26. The molecule has 0 radical (unpaired) electrons. The van der Waals surface area contributed by atoms with Gasteiger partial charge < -0.3 is 4.74 Å². The highest BCUT2D eigenvalue weighted by molar-refractivity contribution is 6.42. The summed E-state index contributed by atoms with van der Waals surface area (Å²) in [6, 6.07) is 13.0. The summed E-state index contributed by atoms with van der Waals surface area (Å²) in [5.74, 6) is 6.81.